The minimum Gasteiger partial charge on any atom is -0.388 e. The van der Waals surface area contributed by atoms with Gasteiger partial charge < -0.3 is 19.6 Å². The molecule has 0 radical (unpaired) electrons. The average Bonchev–Trinajstić information content (AvgIpc) is 3.20. The van der Waals surface area contributed by atoms with E-state index in [0.717, 1.165) is 5.56 Å². The lowest BCUT2D eigenvalue weighted by Gasteiger charge is -2.16. The molecule has 1 aliphatic rings. The van der Waals surface area contributed by atoms with Crippen molar-refractivity contribution in [1.82, 2.24) is 19.7 Å². The summed E-state index contributed by atoms with van der Waals surface area (Å²) in [7, 11) is 0. The molecule has 3 heterocycles. The zero-order valence-electron chi connectivity index (χ0n) is 13.4. The van der Waals surface area contributed by atoms with Crippen LogP contribution in [0, 0.1) is 0 Å². The number of fused-ring (bicyclic) bond motifs is 1. The normalized spacial score (nSPS) is 23.3. The van der Waals surface area contributed by atoms with E-state index in [2.05, 4.69) is 15.1 Å². The van der Waals surface area contributed by atoms with Crippen molar-refractivity contribution in [2.24, 2.45) is 0 Å². The Bertz CT molecular complexity index is 908. The van der Waals surface area contributed by atoms with Gasteiger partial charge in [0.25, 0.3) is 5.56 Å². The first-order valence-corrected chi connectivity index (χ1v) is 8.08. The molecule has 8 heteroatoms. The summed E-state index contributed by atoms with van der Waals surface area (Å²) >= 11 is 0. The fraction of sp³-hybridized carbons (Fsp3) is 0.353. The van der Waals surface area contributed by atoms with Gasteiger partial charge in [0.05, 0.1) is 31.8 Å². The summed E-state index contributed by atoms with van der Waals surface area (Å²) in [5, 5.41) is 14.8. The van der Waals surface area contributed by atoms with Crippen LogP contribution in [-0.4, -0.2) is 43.7 Å². The number of aromatic amines is 1. The van der Waals surface area contributed by atoms with Crippen LogP contribution in [0.15, 0.2) is 47.7 Å². The van der Waals surface area contributed by atoms with E-state index in [1.807, 2.05) is 30.3 Å². The molecular weight excluding hydrogens is 324 g/mol. The summed E-state index contributed by atoms with van der Waals surface area (Å²) in [5.41, 5.74) is 1.20. The maximum Gasteiger partial charge on any atom is 0.261 e. The number of benzene rings is 1. The van der Waals surface area contributed by atoms with Crippen LogP contribution in [-0.2, 0) is 16.1 Å². The molecule has 1 aliphatic heterocycles. The van der Waals surface area contributed by atoms with Gasteiger partial charge >= 0.3 is 0 Å². The predicted molar refractivity (Wildman–Crippen MR) is 88.8 cm³/mol. The second kappa shape index (κ2) is 6.75. The maximum absolute atomic E-state index is 11.8. The molecule has 130 valence electrons. The number of hydrogen-bond acceptors (Lipinski definition) is 6. The van der Waals surface area contributed by atoms with E-state index in [4.69, 9.17) is 9.47 Å². The third-order valence-corrected chi connectivity index (χ3v) is 4.22. The first kappa shape index (κ1) is 15.9. The van der Waals surface area contributed by atoms with Crippen molar-refractivity contribution >= 4 is 11.0 Å². The monoisotopic (exact) mass is 342 g/mol. The van der Waals surface area contributed by atoms with Crippen LogP contribution in [0.25, 0.3) is 11.0 Å². The van der Waals surface area contributed by atoms with Crippen LogP contribution in [0.5, 0.6) is 0 Å². The van der Waals surface area contributed by atoms with Gasteiger partial charge in [0.15, 0.2) is 11.9 Å². The SMILES string of the molecule is O=c1[nH]cnc2c1cnn2[C@@H]1O[C@H](COCc2ccccc2)C[C@H]1O. The Hall–Kier alpha value is -2.55. The van der Waals surface area contributed by atoms with Gasteiger partial charge in [-0.1, -0.05) is 30.3 Å². The fourth-order valence-corrected chi connectivity index (χ4v) is 3.00. The number of H-pyrrole nitrogens is 1. The van der Waals surface area contributed by atoms with Crippen molar-refractivity contribution in [2.75, 3.05) is 6.61 Å². The molecule has 1 saturated heterocycles. The van der Waals surface area contributed by atoms with Gasteiger partial charge in [-0.2, -0.15) is 5.10 Å². The van der Waals surface area contributed by atoms with Crippen molar-refractivity contribution in [2.45, 2.75) is 31.5 Å². The predicted octanol–water partition coefficient (Wildman–Crippen LogP) is 0.985. The number of aliphatic hydroxyl groups excluding tert-OH is 1. The number of aliphatic hydroxyl groups is 1. The van der Waals surface area contributed by atoms with Gasteiger partial charge in [0.2, 0.25) is 0 Å². The molecule has 2 aromatic heterocycles. The summed E-state index contributed by atoms with van der Waals surface area (Å²) in [6.07, 6.45) is 1.50. The zero-order chi connectivity index (χ0) is 17.2. The highest BCUT2D eigenvalue weighted by molar-refractivity contribution is 5.72. The van der Waals surface area contributed by atoms with Gasteiger partial charge in [-0.3, -0.25) is 4.79 Å². The van der Waals surface area contributed by atoms with E-state index in [1.165, 1.54) is 17.2 Å². The Labute approximate surface area is 143 Å². The zero-order valence-corrected chi connectivity index (χ0v) is 13.4. The van der Waals surface area contributed by atoms with E-state index in [0.29, 0.717) is 30.7 Å². The fourth-order valence-electron chi connectivity index (χ4n) is 3.00. The molecule has 4 rings (SSSR count). The molecule has 25 heavy (non-hydrogen) atoms. The quantitative estimate of drug-likeness (QED) is 0.717. The second-order valence-electron chi connectivity index (χ2n) is 6.01. The maximum atomic E-state index is 11.8. The Kier molecular flexibility index (Phi) is 4.31. The third-order valence-electron chi connectivity index (χ3n) is 4.22. The Morgan fingerprint density at radius 2 is 2.20 bits per heavy atom. The van der Waals surface area contributed by atoms with E-state index in [-0.39, 0.29) is 11.7 Å². The van der Waals surface area contributed by atoms with Gasteiger partial charge in [-0.05, 0) is 5.56 Å². The highest BCUT2D eigenvalue weighted by Gasteiger charge is 2.36. The van der Waals surface area contributed by atoms with E-state index in [1.54, 1.807) is 0 Å². The molecule has 1 fully saturated rings. The first-order chi connectivity index (χ1) is 12.2. The van der Waals surface area contributed by atoms with Crippen LogP contribution in [0.1, 0.15) is 18.2 Å². The van der Waals surface area contributed by atoms with Crippen molar-refractivity contribution in [1.29, 1.82) is 0 Å². The molecule has 2 N–H and O–H groups in total. The second-order valence-corrected chi connectivity index (χ2v) is 6.01. The van der Waals surface area contributed by atoms with Crippen LogP contribution < -0.4 is 5.56 Å². The van der Waals surface area contributed by atoms with Gasteiger partial charge in [-0.15, -0.1) is 0 Å². The van der Waals surface area contributed by atoms with Crippen LogP contribution in [0.3, 0.4) is 0 Å². The molecule has 3 atom stereocenters. The summed E-state index contributed by atoms with van der Waals surface area (Å²) in [5.74, 6) is 0. The standard InChI is InChI=1S/C17H18N4O4/c22-14-6-12(9-24-8-11-4-2-1-3-5-11)25-17(14)21-15-13(7-20-21)16(23)19-10-18-15/h1-5,7,10,12,14,17,22H,6,8-9H2,(H,18,19,23)/t12-,14+,17+/m0/s1. The number of aromatic nitrogens is 4. The summed E-state index contributed by atoms with van der Waals surface area (Å²) < 4.78 is 13.0. The minimum atomic E-state index is -0.741. The number of hydrogen-bond donors (Lipinski definition) is 2. The minimum absolute atomic E-state index is 0.245. The van der Waals surface area contributed by atoms with Crippen LogP contribution >= 0.6 is 0 Å². The third kappa shape index (κ3) is 3.19. The number of nitrogens with zero attached hydrogens (tertiary/aromatic N) is 3. The summed E-state index contributed by atoms with van der Waals surface area (Å²) in [4.78, 5) is 18.4. The Morgan fingerprint density at radius 1 is 1.36 bits per heavy atom. The summed E-state index contributed by atoms with van der Waals surface area (Å²) in [6, 6.07) is 9.86. The molecule has 1 aromatic carbocycles. The van der Waals surface area contributed by atoms with Crippen molar-refractivity contribution < 1.29 is 14.6 Å². The van der Waals surface area contributed by atoms with E-state index >= 15 is 0 Å². The highest BCUT2D eigenvalue weighted by atomic mass is 16.6. The molecular formula is C17H18N4O4. The van der Waals surface area contributed by atoms with E-state index in [9.17, 15) is 9.90 Å². The Morgan fingerprint density at radius 3 is 3.04 bits per heavy atom. The molecule has 3 aromatic rings. The highest BCUT2D eigenvalue weighted by Crippen LogP contribution is 2.30. The van der Waals surface area contributed by atoms with Crippen LogP contribution in [0.4, 0.5) is 0 Å². The molecule has 0 spiro atoms. The molecule has 0 unspecified atom stereocenters. The van der Waals surface area contributed by atoms with Gasteiger partial charge in [-0.25, -0.2) is 9.67 Å². The topological polar surface area (TPSA) is 102 Å². The largest absolute Gasteiger partial charge is 0.388 e. The molecule has 8 nitrogen and oxygen atoms in total. The smallest absolute Gasteiger partial charge is 0.261 e. The van der Waals surface area contributed by atoms with E-state index < -0.39 is 12.3 Å². The average molecular weight is 342 g/mol. The lowest BCUT2D eigenvalue weighted by atomic mass is 10.2. The van der Waals surface area contributed by atoms with Crippen molar-refractivity contribution in [3.8, 4) is 0 Å². The number of nitrogens with one attached hydrogen (secondary N) is 1. The molecule has 0 amide bonds. The van der Waals surface area contributed by atoms with Crippen LogP contribution in [0.2, 0.25) is 0 Å². The van der Waals surface area contributed by atoms with Gasteiger partial charge in [0, 0.05) is 6.42 Å². The van der Waals surface area contributed by atoms with Crippen molar-refractivity contribution in [3.63, 3.8) is 0 Å². The molecule has 0 aliphatic carbocycles. The lowest BCUT2D eigenvalue weighted by Crippen LogP contribution is -2.21. The Balaban J connectivity index is 1.42. The summed E-state index contributed by atoms with van der Waals surface area (Å²) in [6.45, 7) is 0.860. The van der Waals surface area contributed by atoms with Gasteiger partial charge in [0.1, 0.15) is 11.5 Å². The first-order valence-electron chi connectivity index (χ1n) is 8.08. The number of rotatable bonds is 5. The van der Waals surface area contributed by atoms with Crippen molar-refractivity contribution in [3.05, 3.63) is 58.8 Å². The molecule has 0 saturated carbocycles. The number of ether oxygens (including phenoxy) is 2. The lowest BCUT2D eigenvalue weighted by molar-refractivity contribution is -0.0675. The molecule has 0 bridgehead atoms.